The van der Waals surface area contributed by atoms with Crippen LogP contribution >= 0.6 is 0 Å². The van der Waals surface area contributed by atoms with Crippen molar-refractivity contribution in [3.63, 3.8) is 0 Å². The van der Waals surface area contributed by atoms with Crippen LogP contribution in [0.5, 0.6) is 0 Å². The molecule has 6 heteroatoms. The molecule has 2 aliphatic rings. The summed E-state index contributed by atoms with van der Waals surface area (Å²) in [5, 5.41) is 3.21. The zero-order valence-electron chi connectivity index (χ0n) is 8.01. The van der Waals surface area contributed by atoms with Gasteiger partial charge in [-0.15, -0.1) is 0 Å². The molecule has 0 bridgehead atoms. The molecule has 5 nitrogen and oxygen atoms in total. The summed E-state index contributed by atoms with van der Waals surface area (Å²) in [6.07, 6.45) is 1.36. The average Bonchev–Trinajstić information content (AvgIpc) is 2.75. The van der Waals surface area contributed by atoms with Gasteiger partial charge in [0.15, 0.2) is 0 Å². The summed E-state index contributed by atoms with van der Waals surface area (Å²) >= 11 is 0. The van der Waals surface area contributed by atoms with Crippen molar-refractivity contribution in [2.45, 2.75) is 11.1 Å². The highest BCUT2D eigenvalue weighted by atomic mass is 32.2. The van der Waals surface area contributed by atoms with Gasteiger partial charge in [-0.25, -0.2) is 13.1 Å². The topological polar surface area (TPSA) is 71.3 Å². The summed E-state index contributed by atoms with van der Waals surface area (Å²) in [7, 11) is -3.44. The molecule has 2 unspecified atom stereocenters. The molecule has 2 fully saturated rings. The number of nitrogens with one attached hydrogen (secondary N) is 2. The molecule has 0 radical (unpaired) electrons. The molecule has 0 aromatic carbocycles. The lowest BCUT2D eigenvalue weighted by Gasteiger charge is -2.06. The van der Waals surface area contributed by atoms with Gasteiger partial charge in [-0.2, -0.15) is 0 Å². The van der Waals surface area contributed by atoms with Crippen molar-refractivity contribution in [1.29, 1.82) is 0 Å². The molecule has 1 aromatic rings. The Labute approximate surface area is 87.9 Å². The van der Waals surface area contributed by atoms with Crippen molar-refractivity contribution < 1.29 is 12.8 Å². The lowest BCUT2D eigenvalue weighted by atomic mass is 10.4. The Kier molecular flexibility index (Phi) is 1.92. The van der Waals surface area contributed by atoms with Crippen LogP contribution in [0.2, 0.25) is 0 Å². The molecule has 1 aliphatic carbocycles. The van der Waals surface area contributed by atoms with Gasteiger partial charge in [0, 0.05) is 6.04 Å². The van der Waals surface area contributed by atoms with Crippen LogP contribution in [0.15, 0.2) is 27.9 Å². The molecular formula is C9H12N2O3S. The SMILES string of the molecule is O=S(=O)(NC1C2CNCC21)c1ccco1. The van der Waals surface area contributed by atoms with Crippen molar-refractivity contribution in [3.8, 4) is 0 Å². The van der Waals surface area contributed by atoms with Gasteiger partial charge >= 0.3 is 0 Å². The van der Waals surface area contributed by atoms with Crippen LogP contribution in [0.4, 0.5) is 0 Å². The van der Waals surface area contributed by atoms with Crippen molar-refractivity contribution in [2.24, 2.45) is 11.8 Å². The maximum absolute atomic E-state index is 11.7. The Morgan fingerprint density at radius 3 is 2.73 bits per heavy atom. The fourth-order valence-corrected chi connectivity index (χ4v) is 3.51. The second-order valence-electron chi connectivity index (χ2n) is 4.07. The first-order chi connectivity index (χ1) is 7.18. The summed E-state index contributed by atoms with van der Waals surface area (Å²) in [5.41, 5.74) is 0. The predicted molar refractivity (Wildman–Crippen MR) is 52.7 cm³/mol. The summed E-state index contributed by atoms with van der Waals surface area (Å²) in [6.45, 7) is 1.83. The van der Waals surface area contributed by atoms with Gasteiger partial charge in [0.05, 0.1) is 6.26 Å². The summed E-state index contributed by atoms with van der Waals surface area (Å²) in [6, 6.07) is 3.13. The van der Waals surface area contributed by atoms with Gasteiger partial charge in [-0.3, -0.25) is 0 Å². The van der Waals surface area contributed by atoms with E-state index in [0.717, 1.165) is 13.1 Å². The highest BCUT2D eigenvalue weighted by molar-refractivity contribution is 7.89. The maximum atomic E-state index is 11.7. The van der Waals surface area contributed by atoms with Crippen molar-refractivity contribution in [2.75, 3.05) is 13.1 Å². The van der Waals surface area contributed by atoms with Gasteiger partial charge in [0.2, 0.25) is 5.09 Å². The number of hydrogen-bond donors (Lipinski definition) is 2. The molecule has 3 rings (SSSR count). The minimum atomic E-state index is -3.44. The minimum Gasteiger partial charge on any atom is -0.452 e. The van der Waals surface area contributed by atoms with E-state index in [1.54, 1.807) is 6.07 Å². The third kappa shape index (κ3) is 1.49. The summed E-state index contributed by atoms with van der Waals surface area (Å²) < 4.78 is 31.1. The number of fused-ring (bicyclic) bond motifs is 1. The number of rotatable bonds is 3. The first kappa shape index (κ1) is 9.38. The lowest BCUT2D eigenvalue weighted by Crippen LogP contribution is -2.32. The van der Waals surface area contributed by atoms with Gasteiger partial charge < -0.3 is 9.73 Å². The summed E-state index contributed by atoms with van der Waals surface area (Å²) in [4.78, 5) is 0. The van der Waals surface area contributed by atoms with Gasteiger partial charge in [0.1, 0.15) is 0 Å². The van der Waals surface area contributed by atoms with Gasteiger partial charge in [-0.05, 0) is 37.1 Å². The molecule has 0 spiro atoms. The van der Waals surface area contributed by atoms with E-state index in [-0.39, 0.29) is 11.1 Å². The third-order valence-corrected chi connectivity index (χ3v) is 4.49. The molecule has 15 heavy (non-hydrogen) atoms. The first-order valence-corrected chi connectivity index (χ1v) is 6.43. The highest BCUT2D eigenvalue weighted by Gasteiger charge is 2.54. The molecule has 82 valence electrons. The molecule has 1 saturated heterocycles. The monoisotopic (exact) mass is 228 g/mol. The van der Waals surface area contributed by atoms with E-state index in [2.05, 4.69) is 10.0 Å². The van der Waals surface area contributed by atoms with E-state index < -0.39 is 10.0 Å². The fraction of sp³-hybridized carbons (Fsp3) is 0.556. The highest BCUT2D eigenvalue weighted by Crippen LogP contribution is 2.42. The van der Waals surface area contributed by atoms with Crippen LogP contribution in [-0.4, -0.2) is 27.5 Å². The first-order valence-electron chi connectivity index (χ1n) is 4.95. The largest absolute Gasteiger partial charge is 0.452 e. The zero-order chi connectivity index (χ0) is 10.5. The van der Waals surface area contributed by atoms with Crippen LogP contribution in [0.3, 0.4) is 0 Å². The number of sulfonamides is 1. The van der Waals surface area contributed by atoms with E-state index in [1.165, 1.54) is 12.3 Å². The van der Waals surface area contributed by atoms with Crippen molar-refractivity contribution in [3.05, 3.63) is 18.4 Å². The standard InChI is InChI=1S/C9H12N2O3S/c12-15(13,8-2-1-3-14-8)11-9-6-4-10-5-7(6)9/h1-3,6-7,9-11H,4-5H2. The lowest BCUT2D eigenvalue weighted by molar-refractivity contribution is 0.443. The van der Waals surface area contributed by atoms with Gasteiger partial charge in [-0.1, -0.05) is 0 Å². The van der Waals surface area contributed by atoms with E-state index in [9.17, 15) is 8.42 Å². The smallest absolute Gasteiger partial charge is 0.274 e. The van der Waals surface area contributed by atoms with Crippen LogP contribution < -0.4 is 10.0 Å². The number of furan rings is 1. The van der Waals surface area contributed by atoms with E-state index in [0.29, 0.717) is 11.8 Å². The predicted octanol–water partition coefficient (Wildman–Crippen LogP) is -0.224. The zero-order valence-corrected chi connectivity index (χ0v) is 8.83. The molecule has 1 aliphatic heterocycles. The Morgan fingerprint density at radius 1 is 1.40 bits per heavy atom. The van der Waals surface area contributed by atoms with Crippen LogP contribution in [0.25, 0.3) is 0 Å². The number of hydrogen-bond acceptors (Lipinski definition) is 4. The normalized spacial score (nSPS) is 34.0. The van der Waals surface area contributed by atoms with Crippen LogP contribution in [0, 0.1) is 11.8 Å². The molecule has 0 amide bonds. The molecule has 2 atom stereocenters. The maximum Gasteiger partial charge on any atom is 0.274 e. The second-order valence-corrected chi connectivity index (χ2v) is 5.71. The Morgan fingerprint density at radius 2 is 2.13 bits per heavy atom. The average molecular weight is 228 g/mol. The van der Waals surface area contributed by atoms with E-state index in [4.69, 9.17) is 4.42 Å². The fourth-order valence-electron chi connectivity index (χ4n) is 2.25. The molecule has 1 aromatic heterocycles. The minimum absolute atomic E-state index is 0.000401. The second kappa shape index (κ2) is 3.07. The van der Waals surface area contributed by atoms with Crippen LogP contribution in [0.1, 0.15) is 0 Å². The summed E-state index contributed by atoms with van der Waals surface area (Å²) in [5.74, 6) is 0.935. The Balaban J connectivity index is 1.74. The molecule has 1 saturated carbocycles. The molecule has 2 heterocycles. The number of piperidine rings is 1. The Bertz CT molecular complexity index is 444. The van der Waals surface area contributed by atoms with Crippen molar-refractivity contribution in [1.82, 2.24) is 10.0 Å². The third-order valence-electron chi connectivity index (χ3n) is 3.14. The molecule has 2 N–H and O–H groups in total. The Hall–Kier alpha value is -0.850. The van der Waals surface area contributed by atoms with Crippen LogP contribution in [-0.2, 0) is 10.0 Å². The van der Waals surface area contributed by atoms with E-state index in [1.807, 2.05) is 0 Å². The van der Waals surface area contributed by atoms with Crippen molar-refractivity contribution >= 4 is 10.0 Å². The van der Waals surface area contributed by atoms with Gasteiger partial charge in [0.25, 0.3) is 10.0 Å². The van der Waals surface area contributed by atoms with E-state index >= 15 is 0 Å². The molecular weight excluding hydrogens is 216 g/mol. The quantitative estimate of drug-likeness (QED) is 0.750.